The minimum atomic E-state index is -0.448. The molecular formula is C18H22N3O3S+. The second kappa shape index (κ2) is 6.93. The van der Waals surface area contributed by atoms with Gasteiger partial charge in [0.2, 0.25) is 0 Å². The predicted molar refractivity (Wildman–Crippen MR) is 98.3 cm³/mol. The monoisotopic (exact) mass is 360 g/mol. The van der Waals surface area contributed by atoms with Crippen molar-refractivity contribution in [3.63, 3.8) is 0 Å². The van der Waals surface area contributed by atoms with Gasteiger partial charge in [-0.05, 0) is 43.3 Å². The van der Waals surface area contributed by atoms with Crippen LogP contribution in [-0.4, -0.2) is 23.9 Å². The number of benzene rings is 1. The summed E-state index contributed by atoms with van der Waals surface area (Å²) in [5, 5.41) is 16.2. The van der Waals surface area contributed by atoms with Crippen LogP contribution in [-0.2, 0) is 11.2 Å². The first-order valence-corrected chi connectivity index (χ1v) is 9.21. The third-order valence-corrected chi connectivity index (χ3v) is 6.09. The number of nitro benzene ring substituents is 1. The second-order valence-electron chi connectivity index (χ2n) is 6.56. The summed E-state index contributed by atoms with van der Waals surface area (Å²) in [4.78, 5) is 26.0. The molecule has 2 atom stereocenters. The van der Waals surface area contributed by atoms with Crippen LogP contribution in [0.15, 0.2) is 23.6 Å². The maximum absolute atomic E-state index is 12.6. The van der Waals surface area contributed by atoms with Crippen molar-refractivity contribution in [2.24, 2.45) is 0 Å². The lowest BCUT2D eigenvalue weighted by Gasteiger charge is -2.29. The number of fused-ring (bicyclic) bond motifs is 1. The van der Waals surface area contributed by atoms with Crippen molar-refractivity contribution >= 4 is 28.6 Å². The summed E-state index contributed by atoms with van der Waals surface area (Å²) in [7, 11) is 0. The van der Waals surface area contributed by atoms with E-state index in [1.165, 1.54) is 21.4 Å². The van der Waals surface area contributed by atoms with Gasteiger partial charge in [0.1, 0.15) is 11.7 Å². The Labute approximate surface area is 150 Å². The molecule has 0 spiro atoms. The van der Waals surface area contributed by atoms with Crippen LogP contribution in [0.5, 0.6) is 0 Å². The summed E-state index contributed by atoms with van der Waals surface area (Å²) in [5.74, 6) is -0.183. The zero-order valence-electron chi connectivity index (χ0n) is 14.6. The summed E-state index contributed by atoms with van der Waals surface area (Å²) < 4.78 is 0. The fourth-order valence-corrected chi connectivity index (χ4v) is 4.37. The maximum Gasteiger partial charge on any atom is 0.293 e. The highest BCUT2D eigenvalue weighted by Crippen LogP contribution is 2.30. The number of thiophene rings is 1. The smallest absolute Gasteiger partial charge is 0.293 e. The second-order valence-corrected chi connectivity index (χ2v) is 7.56. The molecule has 1 aromatic heterocycles. The first kappa shape index (κ1) is 17.6. The van der Waals surface area contributed by atoms with Crippen molar-refractivity contribution in [3.05, 3.63) is 55.3 Å². The largest absolute Gasteiger partial charge is 0.321 e. The predicted octanol–water partition coefficient (Wildman–Crippen LogP) is 2.41. The van der Waals surface area contributed by atoms with E-state index >= 15 is 0 Å². The van der Waals surface area contributed by atoms with Crippen LogP contribution in [0.4, 0.5) is 11.4 Å². The standard InChI is InChI=1S/C18H21N3O3S/c1-11-4-5-15(21(23)24)18(12(11)2)19-17(22)10-20-8-6-16-14(13(20)3)7-9-25-16/h4-5,7,9,13H,6,8,10H2,1-3H3,(H,19,22)/p+1/t13-/m0/s1. The first-order chi connectivity index (χ1) is 11.9. The normalized spacial score (nSPS) is 19.3. The van der Waals surface area contributed by atoms with E-state index in [9.17, 15) is 14.9 Å². The summed E-state index contributed by atoms with van der Waals surface area (Å²) >= 11 is 1.77. The van der Waals surface area contributed by atoms with E-state index in [1.54, 1.807) is 24.3 Å². The summed E-state index contributed by atoms with van der Waals surface area (Å²) in [6.45, 7) is 7.02. The number of hydrogen-bond acceptors (Lipinski definition) is 4. The average Bonchev–Trinajstić information content (AvgIpc) is 3.04. The molecule has 25 heavy (non-hydrogen) atoms. The van der Waals surface area contributed by atoms with Crippen LogP contribution in [0.3, 0.4) is 0 Å². The Morgan fingerprint density at radius 3 is 2.88 bits per heavy atom. The average molecular weight is 360 g/mol. The third kappa shape index (κ3) is 3.43. The molecule has 0 aliphatic carbocycles. The molecule has 3 rings (SSSR count). The zero-order chi connectivity index (χ0) is 18.1. The van der Waals surface area contributed by atoms with Gasteiger partial charge in [0.25, 0.3) is 11.6 Å². The Kier molecular flexibility index (Phi) is 4.87. The third-order valence-electron chi connectivity index (χ3n) is 5.09. The molecule has 0 radical (unpaired) electrons. The number of carbonyl (C=O) groups is 1. The fraction of sp³-hybridized carbons (Fsp3) is 0.389. The van der Waals surface area contributed by atoms with Crippen molar-refractivity contribution < 1.29 is 14.6 Å². The van der Waals surface area contributed by atoms with Gasteiger partial charge in [-0.3, -0.25) is 14.9 Å². The molecule has 1 unspecified atom stereocenters. The SMILES string of the molecule is Cc1ccc([N+](=O)[O-])c(NC(=O)C[NH+]2CCc3sccc3[C@@H]2C)c1C. The molecular weight excluding hydrogens is 338 g/mol. The van der Waals surface area contributed by atoms with E-state index in [4.69, 9.17) is 0 Å². The molecule has 2 aromatic rings. The van der Waals surface area contributed by atoms with Crippen LogP contribution in [0.25, 0.3) is 0 Å². The van der Waals surface area contributed by atoms with Gasteiger partial charge in [-0.15, -0.1) is 11.3 Å². The number of hydrogen-bond donors (Lipinski definition) is 2. The van der Waals surface area contributed by atoms with E-state index in [0.29, 0.717) is 12.2 Å². The zero-order valence-corrected chi connectivity index (χ0v) is 15.4. The Bertz CT molecular complexity index is 831. The number of aryl methyl sites for hydroxylation is 1. The van der Waals surface area contributed by atoms with Crippen molar-refractivity contribution in [1.29, 1.82) is 0 Å². The van der Waals surface area contributed by atoms with Crippen LogP contribution in [0.1, 0.15) is 34.5 Å². The van der Waals surface area contributed by atoms with Crippen molar-refractivity contribution in [2.75, 3.05) is 18.4 Å². The number of nitro groups is 1. The highest BCUT2D eigenvalue weighted by Gasteiger charge is 2.30. The van der Waals surface area contributed by atoms with Gasteiger partial charge in [0.15, 0.2) is 6.54 Å². The molecule has 7 heteroatoms. The fourth-order valence-electron chi connectivity index (χ4n) is 3.39. The van der Waals surface area contributed by atoms with E-state index < -0.39 is 4.92 Å². The highest BCUT2D eigenvalue weighted by molar-refractivity contribution is 7.10. The number of carbonyl (C=O) groups excluding carboxylic acids is 1. The quantitative estimate of drug-likeness (QED) is 0.649. The number of anilines is 1. The summed E-state index contributed by atoms with van der Waals surface area (Å²) in [6, 6.07) is 5.55. The van der Waals surface area contributed by atoms with E-state index in [-0.39, 0.29) is 17.6 Å². The molecule has 1 aromatic carbocycles. The molecule has 2 heterocycles. The van der Waals surface area contributed by atoms with Gasteiger partial charge < -0.3 is 10.2 Å². The number of amides is 1. The number of rotatable bonds is 4. The molecule has 0 saturated carbocycles. The number of quaternary nitrogens is 1. The minimum absolute atomic E-state index is 0.0572. The van der Waals surface area contributed by atoms with Crippen molar-refractivity contribution in [2.45, 2.75) is 33.2 Å². The van der Waals surface area contributed by atoms with Gasteiger partial charge in [-0.1, -0.05) is 6.07 Å². The first-order valence-electron chi connectivity index (χ1n) is 8.33. The van der Waals surface area contributed by atoms with Gasteiger partial charge in [-0.25, -0.2) is 0 Å². The Morgan fingerprint density at radius 2 is 2.16 bits per heavy atom. The molecule has 1 amide bonds. The van der Waals surface area contributed by atoms with Crippen LogP contribution in [0, 0.1) is 24.0 Å². The molecule has 1 aliphatic heterocycles. The van der Waals surface area contributed by atoms with Crippen LogP contribution >= 0.6 is 11.3 Å². The summed E-state index contributed by atoms with van der Waals surface area (Å²) in [6.07, 6.45) is 0.976. The molecule has 0 bridgehead atoms. The van der Waals surface area contributed by atoms with E-state index in [0.717, 1.165) is 24.1 Å². The number of nitrogens with zero attached hydrogens (tertiary/aromatic N) is 1. The molecule has 6 nitrogen and oxygen atoms in total. The lowest BCUT2D eigenvalue weighted by Crippen LogP contribution is -3.14. The van der Waals surface area contributed by atoms with Crippen LogP contribution in [0.2, 0.25) is 0 Å². The Morgan fingerprint density at radius 1 is 1.40 bits per heavy atom. The van der Waals surface area contributed by atoms with Gasteiger partial charge in [0.05, 0.1) is 11.5 Å². The maximum atomic E-state index is 12.6. The molecule has 0 saturated heterocycles. The Hall–Kier alpha value is -2.25. The number of nitrogens with one attached hydrogen (secondary N) is 2. The van der Waals surface area contributed by atoms with Crippen LogP contribution < -0.4 is 10.2 Å². The van der Waals surface area contributed by atoms with Crippen molar-refractivity contribution in [1.82, 2.24) is 0 Å². The Balaban J connectivity index is 1.76. The highest BCUT2D eigenvalue weighted by atomic mass is 32.1. The van der Waals surface area contributed by atoms with Gasteiger partial charge in [-0.2, -0.15) is 0 Å². The lowest BCUT2D eigenvalue weighted by atomic mass is 10.0. The van der Waals surface area contributed by atoms with Gasteiger partial charge >= 0.3 is 0 Å². The van der Waals surface area contributed by atoms with Gasteiger partial charge in [0, 0.05) is 22.9 Å². The summed E-state index contributed by atoms with van der Waals surface area (Å²) in [5.41, 5.74) is 3.23. The molecule has 2 N–H and O–H groups in total. The molecule has 0 fully saturated rings. The molecule has 132 valence electrons. The van der Waals surface area contributed by atoms with Crippen molar-refractivity contribution in [3.8, 4) is 0 Å². The minimum Gasteiger partial charge on any atom is -0.321 e. The lowest BCUT2D eigenvalue weighted by molar-refractivity contribution is -0.923. The molecule has 1 aliphatic rings. The van der Waals surface area contributed by atoms with E-state index in [1.807, 2.05) is 6.92 Å². The topological polar surface area (TPSA) is 76.7 Å². The van der Waals surface area contributed by atoms with E-state index in [2.05, 4.69) is 23.7 Å².